The van der Waals surface area contributed by atoms with Gasteiger partial charge in [0.25, 0.3) is 0 Å². The maximum atomic E-state index is 6.73. The van der Waals surface area contributed by atoms with Gasteiger partial charge in [0.2, 0.25) is 0 Å². The molecule has 1 saturated carbocycles. The normalized spacial score (nSPS) is 29.0. The highest BCUT2D eigenvalue weighted by atomic mass is 32.1. The lowest BCUT2D eigenvalue weighted by atomic mass is 9.77. The molecule has 1 fully saturated rings. The smallest absolute Gasteiger partial charge is 0.113 e. The fraction of sp³-hybridized carbons (Fsp3) is 0.562. The number of thiazole rings is 1. The van der Waals surface area contributed by atoms with E-state index < -0.39 is 0 Å². The lowest BCUT2D eigenvalue weighted by molar-refractivity contribution is 0.238. The molecule has 0 aromatic carbocycles. The van der Waals surface area contributed by atoms with E-state index in [1.54, 1.807) is 0 Å². The molecule has 0 amide bonds. The Balaban J connectivity index is 1.75. The van der Waals surface area contributed by atoms with Gasteiger partial charge in [-0.25, -0.2) is 4.98 Å². The number of aryl methyl sites for hydroxylation is 2. The molecule has 4 rings (SSSR count). The molecule has 2 aliphatic rings. The molecule has 2 aromatic rings. The minimum atomic E-state index is -0.171. The molecule has 4 heteroatoms. The summed E-state index contributed by atoms with van der Waals surface area (Å²) in [6.07, 6.45) is 7.07. The van der Waals surface area contributed by atoms with Crippen LogP contribution in [0.1, 0.15) is 47.4 Å². The minimum absolute atomic E-state index is 0.171. The lowest BCUT2D eigenvalue weighted by Crippen LogP contribution is -2.40. The van der Waals surface area contributed by atoms with E-state index in [1.165, 1.54) is 45.3 Å². The van der Waals surface area contributed by atoms with Crippen molar-refractivity contribution >= 4 is 22.7 Å². The summed E-state index contributed by atoms with van der Waals surface area (Å²) in [7, 11) is 0. The van der Waals surface area contributed by atoms with Gasteiger partial charge in [0.15, 0.2) is 0 Å². The average Bonchev–Trinajstić information content (AvgIpc) is 3.04. The Labute approximate surface area is 128 Å². The van der Waals surface area contributed by atoms with Crippen molar-refractivity contribution in [3.8, 4) is 11.3 Å². The van der Waals surface area contributed by atoms with Gasteiger partial charge in [0, 0.05) is 15.3 Å². The lowest BCUT2D eigenvalue weighted by Gasteiger charge is -2.35. The van der Waals surface area contributed by atoms with Gasteiger partial charge in [-0.3, -0.25) is 0 Å². The predicted octanol–water partition coefficient (Wildman–Crippen LogP) is 4.33. The minimum Gasteiger partial charge on any atom is -0.319 e. The maximum Gasteiger partial charge on any atom is 0.113 e. The zero-order chi connectivity index (χ0) is 13.7. The van der Waals surface area contributed by atoms with Crippen molar-refractivity contribution in [2.24, 2.45) is 11.7 Å². The summed E-state index contributed by atoms with van der Waals surface area (Å²) in [5, 5.41) is 3.38. The molecule has 0 spiro atoms. The second-order valence-electron chi connectivity index (χ2n) is 6.41. The van der Waals surface area contributed by atoms with Crippen molar-refractivity contribution in [1.82, 2.24) is 4.98 Å². The highest BCUT2D eigenvalue weighted by Gasteiger charge is 2.37. The zero-order valence-corrected chi connectivity index (χ0v) is 13.4. The number of aromatic nitrogens is 1. The van der Waals surface area contributed by atoms with Gasteiger partial charge in [-0.05, 0) is 43.0 Å². The van der Waals surface area contributed by atoms with Crippen molar-refractivity contribution in [2.45, 2.75) is 51.0 Å². The molecule has 0 bridgehead atoms. The molecule has 20 heavy (non-hydrogen) atoms. The molecule has 0 saturated heterocycles. The van der Waals surface area contributed by atoms with Crippen LogP contribution in [0.3, 0.4) is 0 Å². The highest BCUT2D eigenvalue weighted by molar-refractivity contribution is 7.12. The van der Waals surface area contributed by atoms with E-state index in [0.29, 0.717) is 0 Å². The van der Waals surface area contributed by atoms with Crippen molar-refractivity contribution in [3.63, 3.8) is 0 Å². The molecule has 2 nitrogen and oxygen atoms in total. The average molecular weight is 304 g/mol. The molecule has 0 aliphatic heterocycles. The van der Waals surface area contributed by atoms with Crippen molar-refractivity contribution < 1.29 is 0 Å². The number of hydrogen-bond donors (Lipinski definition) is 1. The molecular formula is C16H20N2S2. The van der Waals surface area contributed by atoms with Crippen molar-refractivity contribution in [1.29, 1.82) is 0 Å². The van der Waals surface area contributed by atoms with Gasteiger partial charge >= 0.3 is 0 Å². The Morgan fingerprint density at radius 3 is 3.05 bits per heavy atom. The van der Waals surface area contributed by atoms with Crippen LogP contribution in [0.5, 0.6) is 0 Å². The Bertz CT molecular complexity index is 643. The summed E-state index contributed by atoms with van der Waals surface area (Å²) in [4.78, 5) is 7.94. The van der Waals surface area contributed by atoms with Crippen LogP contribution < -0.4 is 5.73 Å². The zero-order valence-electron chi connectivity index (χ0n) is 11.8. The molecule has 2 heterocycles. The summed E-state index contributed by atoms with van der Waals surface area (Å²) < 4.78 is 0. The first kappa shape index (κ1) is 13.0. The number of thiophene rings is 1. The van der Waals surface area contributed by atoms with Gasteiger partial charge in [-0.1, -0.05) is 19.8 Å². The molecule has 0 radical (unpaired) electrons. The topological polar surface area (TPSA) is 38.9 Å². The van der Waals surface area contributed by atoms with Crippen LogP contribution in [0.4, 0.5) is 0 Å². The fourth-order valence-electron chi connectivity index (χ4n) is 3.70. The second-order valence-corrected chi connectivity index (χ2v) is 8.49. The molecule has 2 unspecified atom stereocenters. The van der Waals surface area contributed by atoms with Gasteiger partial charge in [0.05, 0.1) is 11.2 Å². The van der Waals surface area contributed by atoms with Gasteiger partial charge < -0.3 is 5.73 Å². The quantitative estimate of drug-likeness (QED) is 0.851. The molecule has 2 N–H and O–H groups in total. The Kier molecular flexibility index (Phi) is 3.02. The number of rotatable bonds is 1. The second kappa shape index (κ2) is 4.65. The Morgan fingerprint density at radius 1 is 1.35 bits per heavy atom. The van der Waals surface area contributed by atoms with Crippen molar-refractivity contribution in [2.75, 3.05) is 0 Å². The van der Waals surface area contributed by atoms with E-state index in [2.05, 4.69) is 18.4 Å². The fourth-order valence-corrected chi connectivity index (χ4v) is 5.80. The monoisotopic (exact) mass is 304 g/mol. The number of nitrogens with zero attached hydrogens (tertiary/aromatic N) is 1. The van der Waals surface area contributed by atoms with Crippen LogP contribution in [0.25, 0.3) is 11.3 Å². The Morgan fingerprint density at radius 2 is 2.20 bits per heavy atom. The first-order chi connectivity index (χ1) is 9.66. The third kappa shape index (κ3) is 1.97. The van der Waals surface area contributed by atoms with E-state index in [4.69, 9.17) is 10.7 Å². The van der Waals surface area contributed by atoms with Gasteiger partial charge in [-0.2, -0.15) is 0 Å². The van der Waals surface area contributed by atoms with Crippen LogP contribution >= 0.6 is 22.7 Å². The van der Waals surface area contributed by atoms with Crippen molar-refractivity contribution in [3.05, 3.63) is 26.2 Å². The third-order valence-corrected chi connectivity index (χ3v) is 7.05. The predicted molar refractivity (Wildman–Crippen MR) is 86.3 cm³/mol. The van der Waals surface area contributed by atoms with Crippen LogP contribution in [-0.2, 0) is 18.4 Å². The first-order valence-corrected chi connectivity index (χ1v) is 9.21. The molecular weight excluding hydrogens is 284 g/mol. The third-order valence-electron chi connectivity index (χ3n) is 4.74. The van der Waals surface area contributed by atoms with Crippen LogP contribution in [0.2, 0.25) is 0 Å². The van der Waals surface area contributed by atoms with Gasteiger partial charge in [0.1, 0.15) is 5.01 Å². The summed E-state index contributed by atoms with van der Waals surface area (Å²) in [6, 6.07) is 2.23. The van der Waals surface area contributed by atoms with Crippen LogP contribution in [-0.4, -0.2) is 4.98 Å². The van der Waals surface area contributed by atoms with E-state index in [9.17, 15) is 0 Å². The largest absolute Gasteiger partial charge is 0.319 e. The van der Waals surface area contributed by atoms with E-state index >= 15 is 0 Å². The van der Waals surface area contributed by atoms with E-state index in [1.807, 2.05) is 22.7 Å². The highest BCUT2D eigenvalue weighted by Crippen LogP contribution is 2.44. The Hall–Kier alpha value is -0.710. The first-order valence-electron chi connectivity index (χ1n) is 7.51. The van der Waals surface area contributed by atoms with Crippen LogP contribution in [0, 0.1) is 5.92 Å². The maximum absolute atomic E-state index is 6.73. The number of fused-ring (bicyclic) bond motifs is 3. The number of nitrogens with two attached hydrogens (primary N) is 1. The van der Waals surface area contributed by atoms with E-state index in [0.717, 1.165) is 25.2 Å². The summed E-state index contributed by atoms with van der Waals surface area (Å²) in [6.45, 7) is 2.32. The molecule has 2 aromatic heterocycles. The summed E-state index contributed by atoms with van der Waals surface area (Å²) in [5.74, 6) is 0.728. The standard InChI is InChI=1S/C16H20N2S2/c1-10-3-2-7-16(17,9-10)15-18-14-11-6-8-19-12(11)4-5-13(14)20-15/h6,8,10H,2-5,7,9,17H2,1H3. The summed E-state index contributed by atoms with van der Waals surface area (Å²) >= 11 is 3.74. The van der Waals surface area contributed by atoms with Gasteiger partial charge in [-0.15, -0.1) is 22.7 Å². The molecule has 106 valence electrons. The summed E-state index contributed by atoms with van der Waals surface area (Å²) in [5.41, 5.74) is 9.16. The van der Waals surface area contributed by atoms with Crippen LogP contribution in [0.15, 0.2) is 11.4 Å². The molecule has 2 atom stereocenters. The SMILES string of the molecule is CC1CCCC(N)(c2nc3c(s2)CCc2sccc2-3)C1. The molecule has 2 aliphatic carbocycles. The number of hydrogen-bond acceptors (Lipinski definition) is 4. The van der Waals surface area contributed by atoms with E-state index in [-0.39, 0.29) is 5.54 Å².